The van der Waals surface area contributed by atoms with E-state index in [4.69, 9.17) is 0 Å². The summed E-state index contributed by atoms with van der Waals surface area (Å²) >= 11 is 1.17. The molecular formula is C17H30IN3O3S2. The molecule has 0 radical (unpaired) electrons. The summed E-state index contributed by atoms with van der Waals surface area (Å²) in [5, 5.41) is 18.0. The Hall–Kier alpha value is -0.390. The lowest BCUT2D eigenvalue weighted by atomic mass is 9.67. The van der Waals surface area contributed by atoms with Crippen molar-refractivity contribution in [2.45, 2.75) is 49.8 Å². The molecule has 1 aliphatic rings. The van der Waals surface area contributed by atoms with E-state index in [0.29, 0.717) is 22.1 Å². The quantitative estimate of drug-likeness (QED) is 0.267. The highest BCUT2D eigenvalue weighted by Crippen LogP contribution is 2.43. The summed E-state index contributed by atoms with van der Waals surface area (Å²) < 4.78 is 24.7. The van der Waals surface area contributed by atoms with Crippen LogP contribution in [0, 0.1) is 5.41 Å². The number of rotatable bonds is 9. The predicted octanol–water partition coefficient (Wildman–Crippen LogP) is 2.64. The highest BCUT2D eigenvalue weighted by Gasteiger charge is 2.34. The van der Waals surface area contributed by atoms with Gasteiger partial charge in [0.2, 0.25) is 0 Å². The van der Waals surface area contributed by atoms with Crippen molar-refractivity contribution >= 4 is 51.1 Å². The van der Waals surface area contributed by atoms with Crippen LogP contribution in [0.3, 0.4) is 0 Å². The van der Waals surface area contributed by atoms with Crippen molar-refractivity contribution in [3.05, 3.63) is 17.5 Å². The summed E-state index contributed by atoms with van der Waals surface area (Å²) in [5.41, 5.74) is 0.323. The molecule has 6 nitrogen and oxygen atoms in total. The first-order chi connectivity index (χ1) is 11.9. The normalized spacial score (nSPS) is 17.7. The molecule has 9 heteroatoms. The Kier molecular flexibility index (Phi) is 9.84. The SMILES string of the molecule is CCNC(=NCC1(CC)CCC1)NCC(O)CS(=O)(=O)c1cccs1.I. The van der Waals surface area contributed by atoms with E-state index < -0.39 is 15.9 Å². The van der Waals surface area contributed by atoms with Crippen LogP contribution in [0.5, 0.6) is 0 Å². The number of nitrogens with zero attached hydrogens (tertiary/aromatic N) is 1. The highest BCUT2D eigenvalue weighted by atomic mass is 127. The van der Waals surface area contributed by atoms with Gasteiger partial charge in [-0.1, -0.05) is 19.4 Å². The highest BCUT2D eigenvalue weighted by molar-refractivity contribution is 14.0. The minimum Gasteiger partial charge on any atom is -0.390 e. The standard InChI is InChI=1S/C17H29N3O3S2.HI/c1-3-17(8-6-9-17)13-20-16(18-4-2)19-11-14(21)12-25(22,23)15-7-5-10-24-15;/h5,7,10,14,21H,3-4,6,8-9,11-13H2,1-2H3,(H2,18,19,20);1H. The van der Waals surface area contributed by atoms with E-state index in [0.717, 1.165) is 13.0 Å². The molecule has 0 bridgehead atoms. The van der Waals surface area contributed by atoms with Crippen LogP contribution >= 0.6 is 35.3 Å². The number of hydrogen-bond donors (Lipinski definition) is 3. The van der Waals surface area contributed by atoms with Gasteiger partial charge in [0, 0.05) is 19.6 Å². The lowest BCUT2D eigenvalue weighted by Crippen LogP contribution is -2.43. The zero-order chi connectivity index (χ0) is 18.3. The second kappa shape index (κ2) is 10.8. The average molecular weight is 515 g/mol. The number of aliphatic hydroxyl groups is 1. The number of aliphatic hydroxyl groups excluding tert-OH is 1. The Morgan fingerprint density at radius 3 is 2.62 bits per heavy atom. The van der Waals surface area contributed by atoms with Gasteiger partial charge in [-0.05, 0) is 43.0 Å². The predicted molar refractivity (Wildman–Crippen MR) is 118 cm³/mol. The molecule has 1 atom stereocenters. The molecule has 1 fully saturated rings. The van der Waals surface area contributed by atoms with Crippen molar-refractivity contribution in [1.29, 1.82) is 0 Å². The maximum Gasteiger partial charge on any atom is 0.191 e. The number of nitrogens with one attached hydrogen (secondary N) is 2. The van der Waals surface area contributed by atoms with Crippen LogP contribution in [-0.4, -0.2) is 51.0 Å². The van der Waals surface area contributed by atoms with E-state index >= 15 is 0 Å². The number of sulfone groups is 1. The van der Waals surface area contributed by atoms with Crippen molar-refractivity contribution in [2.75, 3.05) is 25.4 Å². The van der Waals surface area contributed by atoms with Crippen molar-refractivity contribution in [3.63, 3.8) is 0 Å². The van der Waals surface area contributed by atoms with E-state index in [1.54, 1.807) is 17.5 Å². The molecule has 1 aliphatic carbocycles. The largest absolute Gasteiger partial charge is 0.390 e. The Morgan fingerprint density at radius 1 is 1.38 bits per heavy atom. The van der Waals surface area contributed by atoms with Gasteiger partial charge < -0.3 is 15.7 Å². The summed E-state index contributed by atoms with van der Waals surface area (Å²) in [7, 11) is -3.44. The van der Waals surface area contributed by atoms with Gasteiger partial charge in [0.15, 0.2) is 15.8 Å². The van der Waals surface area contributed by atoms with Gasteiger partial charge >= 0.3 is 0 Å². The molecule has 26 heavy (non-hydrogen) atoms. The summed E-state index contributed by atoms with van der Waals surface area (Å²) in [6, 6.07) is 3.26. The number of thiophene rings is 1. The van der Waals surface area contributed by atoms with E-state index in [1.807, 2.05) is 6.92 Å². The number of aliphatic imine (C=N–C) groups is 1. The zero-order valence-electron chi connectivity index (χ0n) is 15.4. The van der Waals surface area contributed by atoms with Gasteiger partial charge in [-0.15, -0.1) is 35.3 Å². The lowest BCUT2D eigenvalue weighted by Gasteiger charge is -2.40. The first-order valence-corrected chi connectivity index (χ1v) is 11.4. The van der Waals surface area contributed by atoms with Gasteiger partial charge in [-0.3, -0.25) is 4.99 Å². The molecule has 2 rings (SSSR count). The van der Waals surface area contributed by atoms with Gasteiger partial charge in [0.25, 0.3) is 0 Å². The fraction of sp³-hybridized carbons (Fsp3) is 0.706. The molecule has 1 unspecified atom stereocenters. The third kappa shape index (κ3) is 6.65. The van der Waals surface area contributed by atoms with Gasteiger partial charge in [-0.2, -0.15) is 0 Å². The van der Waals surface area contributed by atoms with E-state index in [1.165, 1.54) is 30.6 Å². The molecule has 0 aliphatic heterocycles. The second-order valence-electron chi connectivity index (χ2n) is 6.65. The van der Waals surface area contributed by atoms with E-state index in [-0.39, 0.29) is 36.3 Å². The number of hydrogen-bond acceptors (Lipinski definition) is 5. The first kappa shape index (κ1) is 23.6. The van der Waals surface area contributed by atoms with Crippen LogP contribution < -0.4 is 10.6 Å². The van der Waals surface area contributed by atoms with Crippen molar-refractivity contribution in [2.24, 2.45) is 10.4 Å². The van der Waals surface area contributed by atoms with Crippen LogP contribution in [-0.2, 0) is 9.84 Å². The van der Waals surface area contributed by atoms with Crippen LogP contribution in [0.25, 0.3) is 0 Å². The molecule has 1 saturated carbocycles. The molecule has 0 aromatic carbocycles. The summed E-state index contributed by atoms with van der Waals surface area (Å²) in [6.45, 7) is 5.81. The molecule has 0 saturated heterocycles. The van der Waals surface area contributed by atoms with Crippen molar-refractivity contribution in [3.8, 4) is 0 Å². The first-order valence-electron chi connectivity index (χ1n) is 8.87. The molecular weight excluding hydrogens is 485 g/mol. The third-order valence-electron chi connectivity index (χ3n) is 4.80. The van der Waals surface area contributed by atoms with Gasteiger partial charge in [-0.25, -0.2) is 8.42 Å². The Bertz CT molecular complexity index is 653. The molecule has 1 aromatic heterocycles. The summed E-state index contributed by atoms with van der Waals surface area (Å²) in [5.74, 6) is 0.341. The Balaban J connectivity index is 0.00000338. The van der Waals surface area contributed by atoms with Crippen LogP contribution in [0.1, 0.15) is 39.5 Å². The van der Waals surface area contributed by atoms with Gasteiger partial charge in [0.1, 0.15) is 4.21 Å². The minimum absolute atomic E-state index is 0. The molecule has 0 amide bonds. The molecule has 150 valence electrons. The van der Waals surface area contributed by atoms with Crippen molar-refractivity contribution < 1.29 is 13.5 Å². The average Bonchev–Trinajstić information content (AvgIpc) is 3.06. The monoisotopic (exact) mass is 515 g/mol. The van der Waals surface area contributed by atoms with E-state index in [9.17, 15) is 13.5 Å². The van der Waals surface area contributed by atoms with Crippen molar-refractivity contribution in [1.82, 2.24) is 10.6 Å². The van der Waals surface area contributed by atoms with Crippen LogP contribution in [0.15, 0.2) is 26.7 Å². The smallest absolute Gasteiger partial charge is 0.191 e. The fourth-order valence-corrected chi connectivity index (χ4v) is 5.42. The topological polar surface area (TPSA) is 90.8 Å². The van der Waals surface area contributed by atoms with Crippen LogP contribution in [0.4, 0.5) is 0 Å². The third-order valence-corrected chi connectivity index (χ3v) is 8.08. The number of guanidine groups is 1. The van der Waals surface area contributed by atoms with Gasteiger partial charge in [0.05, 0.1) is 11.9 Å². The molecule has 1 aromatic rings. The maximum absolute atomic E-state index is 12.2. The number of halogens is 1. The second-order valence-corrected chi connectivity index (χ2v) is 9.86. The minimum atomic E-state index is -3.44. The molecule has 1 heterocycles. The molecule has 0 spiro atoms. The van der Waals surface area contributed by atoms with Crippen LogP contribution in [0.2, 0.25) is 0 Å². The summed E-state index contributed by atoms with van der Waals surface area (Å²) in [4.78, 5) is 4.63. The summed E-state index contributed by atoms with van der Waals surface area (Å²) in [6.07, 6.45) is 3.84. The zero-order valence-corrected chi connectivity index (χ0v) is 19.4. The Labute approximate surface area is 177 Å². The lowest BCUT2D eigenvalue weighted by molar-refractivity contribution is 0.139. The van der Waals surface area contributed by atoms with E-state index in [2.05, 4.69) is 22.5 Å². The maximum atomic E-state index is 12.2. The molecule has 3 N–H and O–H groups in total. The fourth-order valence-electron chi connectivity index (χ4n) is 2.94. The Morgan fingerprint density at radius 2 is 2.12 bits per heavy atom.